The summed E-state index contributed by atoms with van der Waals surface area (Å²) in [7, 11) is -4.32. The minimum Gasteiger partial charge on any atom is -0.492 e. The Bertz CT molecular complexity index is 947. The maximum absolute atomic E-state index is 13.1. The van der Waals surface area contributed by atoms with E-state index in [1.165, 1.54) is 24.3 Å². The molecule has 2 aromatic carbocycles. The van der Waals surface area contributed by atoms with E-state index in [1.54, 1.807) is 25.1 Å². The lowest BCUT2D eigenvalue weighted by atomic mass is 10.3. The van der Waals surface area contributed by atoms with Crippen molar-refractivity contribution in [3.05, 3.63) is 58.6 Å². The van der Waals surface area contributed by atoms with E-state index in [9.17, 15) is 23.3 Å². The number of anilines is 1. The number of carbonyl (C=O) groups is 1. The summed E-state index contributed by atoms with van der Waals surface area (Å²) in [5.41, 5.74) is 1.59. The molecular weight excluding hydrogens is 376 g/mol. The van der Waals surface area contributed by atoms with Gasteiger partial charge in [-0.3, -0.25) is 24.6 Å². The van der Waals surface area contributed by atoms with Crippen molar-refractivity contribution < 1.29 is 22.9 Å². The molecule has 0 fully saturated rings. The van der Waals surface area contributed by atoms with Crippen LogP contribution >= 0.6 is 0 Å². The molecule has 0 saturated carbocycles. The number of nitrogens with one attached hydrogen (secondary N) is 1. The number of carbonyl (C=O) groups excluding carboxylic acids is 1. The third-order valence-electron chi connectivity index (χ3n) is 3.50. The van der Waals surface area contributed by atoms with Crippen LogP contribution in [0.25, 0.3) is 0 Å². The zero-order valence-electron chi connectivity index (χ0n) is 14.4. The van der Waals surface area contributed by atoms with E-state index in [0.29, 0.717) is 0 Å². The quantitative estimate of drug-likeness (QED) is 0.296. The van der Waals surface area contributed by atoms with Gasteiger partial charge < -0.3 is 4.74 Å². The fourth-order valence-corrected chi connectivity index (χ4v) is 3.77. The average molecular weight is 394 g/mol. The number of nitro groups is 1. The van der Waals surface area contributed by atoms with Gasteiger partial charge in [-0.1, -0.05) is 18.2 Å². The Hall–Kier alpha value is -3.18. The minimum absolute atomic E-state index is 0.106. The van der Waals surface area contributed by atoms with Crippen LogP contribution in [0.4, 0.5) is 11.4 Å². The molecule has 10 nitrogen and oxygen atoms in total. The molecule has 0 atom stereocenters. The highest BCUT2D eigenvalue weighted by Crippen LogP contribution is 2.33. The minimum atomic E-state index is -4.32. The lowest BCUT2D eigenvalue weighted by Gasteiger charge is -2.25. The first-order chi connectivity index (χ1) is 12.8. The van der Waals surface area contributed by atoms with Gasteiger partial charge in [-0.15, -0.1) is 0 Å². The number of non-ortho nitro benzene ring substituents is 1. The molecule has 0 bridgehead atoms. The number of nitrogens with zero attached hydrogens (tertiary/aromatic N) is 2. The molecule has 3 N–H and O–H groups in total. The van der Waals surface area contributed by atoms with Crippen molar-refractivity contribution in [3.8, 4) is 5.75 Å². The Balaban J connectivity index is 2.62. The third-order valence-corrected chi connectivity index (χ3v) is 5.25. The second-order valence-electron chi connectivity index (χ2n) is 5.23. The molecule has 0 aliphatic rings. The van der Waals surface area contributed by atoms with E-state index >= 15 is 0 Å². The molecule has 11 heteroatoms. The molecule has 0 aliphatic heterocycles. The maximum atomic E-state index is 13.1. The lowest BCUT2D eigenvalue weighted by Crippen LogP contribution is -2.43. The van der Waals surface area contributed by atoms with Crippen LogP contribution < -0.4 is 20.3 Å². The first kappa shape index (κ1) is 20.1. The highest BCUT2D eigenvalue weighted by Gasteiger charge is 2.30. The number of nitrogens with two attached hydrogens (primary N) is 1. The second kappa shape index (κ2) is 8.47. The predicted octanol–water partition coefficient (Wildman–Crippen LogP) is 1.18. The van der Waals surface area contributed by atoms with Crippen molar-refractivity contribution in [3.63, 3.8) is 0 Å². The van der Waals surface area contributed by atoms with Gasteiger partial charge >= 0.3 is 0 Å². The number of ether oxygens (including phenoxy) is 1. The lowest BCUT2D eigenvalue weighted by molar-refractivity contribution is -0.385. The number of hydrazine groups is 1. The Morgan fingerprint density at radius 3 is 2.59 bits per heavy atom. The fourth-order valence-electron chi connectivity index (χ4n) is 2.30. The van der Waals surface area contributed by atoms with E-state index < -0.39 is 33.1 Å². The highest BCUT2D eigenvalue weighted by molar-refractivity contribution is 7.92. The summed E-state index contributed by atoms with van der Waals surface area (Å²) in [6, 6.07) is 10.8. The molecule has 144 valence electrons. The van der Waals surface area contributed by atoms with E-state index in [2.05, 4.69) is 0 Å². The van der Waals surface area contributed by atoms with Gasteiger partial charge in [0.05, 0.1) is 22.1 Å². The SMILES string of the molecule is CCOc1ccccc1N(CC(=O)NN)S(=O)(=O)c1cccc([N+](=O)[O-])c1. The number of amides is 1. The largest absolute Gasteiger partial charge is 0.492 e. The van der Waals surface area contributed by atoms with Gasteiger partial charge in [0, 0.05) is 12.1 Å². The summed E-state index contributed by atoms with van der Waals surface area (Å²) in [6.45, 7) is 1.36. The van der Waals surface area contributed by atoms with Crippen molar-refractivity contribution in [2.24, 2.45) is 5.84 Å². The maximum Gasteiger partial charge on any atom is 0.270 e. The monoisotopic (exact) mass is 394 g/mol. The van der Waals surface area contributed by atoms with Gasteiger partial charge in [0.15, 0.2) is 0 Å². The molecule has 0 heterocycles. The summed E-state index contributed by atoms with van der Waals surface area (Å²) >= 11 is 0. The fraction of sp³-hybridized carbons (Fsp3) is 0.188. The zero-order chi connectivity index (χ0) is 20.0. The average Bonchev–Trinajstić information content (AvgIpc) is 2.66. The van der Waals surface area contributed by atoms with Crippen LogP contribution in [-0.2, 0) is 14.8 Å². The first-order valence-electron chi connectivity index (χ1n) is 7.79. The number of nitro benzene ring substituents is 1. The van der Waals surface area contributed by atoms with Crippen molar-refractivity contribution in [1.82, 2.24) is 5.43 Å². The van der Waals surface area contributed by atoms with Gasteiger partial charge in [0.1, 0.15) is 12.3 Å². The van der Waals surface area contributed by atoms with E-state index in [1.807, 2.05) is 5.43 Å². The van der Waals surface area contributed by atoms with Gasteiger partial charge in [-0.2, -0.15) is 0 Å². The van der Waals surface area contributed by atoms with Crippen molar-refractivity contribution in [1.29, 1.82) is 0 Å². The van der Waals surface area contributed by atoms with Crippen LogP contribution in [0, 0.1) is 10.1 Å². The molecule has 0 saturated heterocycles. The summed E-state index contributed by atoms with van der Waals surface area (Å²) < 4.78 is 32.5. The van der Waals surface area contributed by atoms with Gasteiger partial charge in [-0.05, 0) is 25.1 Å². The predicted molar refractivity (Wildman–Crippen MR) is 97.6 cm³/mol. The number of benzene rings is 2. The van der Waals surface area contributed by atoms with Crippen molar-refractivity contribution >= 4 is 27.3 Å². The van der Waals surface area contributed by atoms with Crippen LogP contribution in [0.1, 0.15) is 6.92 Å². The molecular formula is C16H18N4O6S. The first-order valence-corrected chi connectivity index (χ1v) is 9.23. The van der Waals surface area contributed by atoms with Crippen LogP contribution in [0.3, 0.4) is 0 Å². The number of hydrogen-bond donors (Lipinski definition) is 2. The molecule has 0 spiro atoms. The van der Waals surface area contributed by atoms with Gasteiger partial charge in [0.25, 0.3) is 21.6 Å². The summed E-state index contributed by atoms with van der Waals surface area (Å²) in [5.74, 6) is 4.57. The third kappa shape index (κ3) is 4.51. The molecule has 2 rings (SSSR count). The smallest absolute Gasteiger partial charge is 0.270 e. The topological polar surface area (TPSA) is 145 Å². The molecule has 2 aromatic rings. The molecule has 0 aliphatic carbocycles. The summed E-state index contributed by atoms with van der Waals surface area (Å²) in [4.78, 5) is 21.8. The van der Waals surface area contributed by atoms with Crippen LogP contribution in [0.15, 0.2) is 53.4 Å². The Labute approximate surface area is 155 Å². The molecule has 0 radical (unpaired) electrons. The van der Waals surface area contributed by atoms with Crippen molar-refractivity contribution in [2.45, 2.75) is 11.8 Å². The molecule has 0 unspecified atom stereocenters. The Morgan fingerprint density at radius 1 is 1.26 bits per heavy atom. The van der Waals surface area contributed by atoms with Gasteiger partial charge in [-0.25, -0.2) is 14.3 Å². The standard InChI is InChI=1S/C16H18N4O6S/c1-2-26-15-9-4-3-8-14(15)19(11-16(21)18-17)27(24,25)13-7-5-6-12(10-13)20(22)23/h3-10H,2,11,17H2,1H3,(H,18,21). The molecule has 27 heavy (non-hydrogen) atoms. The summed E-state index contributed by atoms with van der Waals surface area (Å²) in [5, 5.41) is 11.0. The van der Waals surface area contributed by atoms with Crippen LogP contribution in [0.2, 0.25) is 0 Å². The molecule has 1 amide bonds. The van der Waals surface area contributed by atoms with Gasteiger partial charge in [0.2, 0.25) is 0 Å². The van der Waals surface area contributed by atoms with E-state index in [4.69, 9.17) is 10.6 Å². The van der Waals surface area contributed by atoms with Crippen LogP contribution in [0.5, 0.6) is 5.75 Å². The Morgan fingerprint density at radius 2 is 1.96 bits per heavy atom. The summed E-state index contributed by atoms with van der Waals surface area (Å²) in [6.07, 6.45) is 0. The number of hydrogen-bond acceptors (Lipinski definition) is 7. The van der Waals surface area contributed by atoms with E-state index in [-0.39, 0.29) is 22.9 Å². The number of para-hydroxylation sites is 2. The van der Waals surface area contributed by atoms with Crippen LogP contribution in [-0.4, -0.2) is 32.4 Å². The zero-order valence-corrected chi connectivity index (χ0v) is 15.2. The Kier molecular flexibility index (Phi) is 6.32. The van der Waals surface area contributed by atoms with E-state index in [0.717, 1.165) is 10.4 Å². The molecule has 0 aromatic heterocycles. The van der Waals surface area contributed by atoms with Crippen molar-refractivity contribution in [2.75, 3.05) is 17.5 Å². The second-order valence-corrected chi connectivity index (χ2v) is 7.10. The normalized spacial score (nSPS) is 10.9. The number of rotatable bonds is 8. The highest BCUT2D eigenvalue weighted by atomic mass is 32.2. The number of sulfonamides is 1.